The third kappa shape index (κ3) is 4.86. The Hall–Kier alpha value is -2.49. The van der Waals surface area contributed by atoms with Gasteiger partial charge in [-0.15, -0.1) is 24.0 Å². The van der Waals surface area contributed by atoms with Crippen LogP contribution in [-0.2, 0) is 13.6 Å². The number of nitrogens with one attached hydrogen (secondary N) is 2. The van der Waals surface area contributed by atoms with E-state index in [0.29, 0.717) is 30.6 Å². The molecule has 3 rings (SSSR count). The van der Waals surface area contributed by atoms with E-state index in [1.165, 1.54) is 0 Å². The summed E-state index contributed by atoms with van der Waals surface area (Å²) in [6.07, 6.45) is 0. The summed E-state index contributed by atoms with van der Waals surface area (Å²) in [6.45, 7) is 3.09. The van der Waals surface area contributed by atoms with Gasteiger partial charge in [-0.3, -0.25) is 4.99 Å². The molecule has 8 heteroatoms. The standard InChI is InChI=1S/C20H25N5O2.HI/c1-5-27-17-11-10-14(12-18(17)26-4)23-20(21-2)22-13-19-24-15-8-6-7-9-16(15)25(19)3;/h6-12H,5,13H2,1-4H3,(H2,21,22,23);1H. The van der Waals surface area contributed by atoms with E-state index in [-0.39, 0.29) is 24.0 Å². The van der Waals surface area contributed by atoms with Gasteiger partial charge in [-0.25, -0.2) is 4.98 Å². The number of para-hydroxylation sites is 2. The molecule has 2 aromatic carbocycles. The van der Waals surface area contributed by atoms with Gasteiger partial charge in [-0.1, -0.05) is 12.1 Å². The van der Waals surface area contributed by atoms with Gasteiger partial charge in [0.05, 0.1) is 31.3 Å². The molecule has 1 aromatic heterocycles. The highest BCUT2D eigenvalue weighted by Crippen LogP contribution is 2.30. The Labute approximate surface area is 182 Å². The van der Waals surface area contributed by atoms with Crippen LogP contribution in [0.25, 0.3) is 11.0 Å². The molecule has 0 radical (unpaired) electrons. The Kier molecular flexibility index (Phi) is 7.91. The van der Waals surface area contributed by atoms with Crippen LogP contribution >= 0.6 is 24.0 Å². The number of aryl methyl sites for hydroxylation is 1. The van der Waals surface area contributed by atoms with Gasteiger partial charge in [0, 0.05) is 25.8 Å². The zero-order valence-corrected chi connectivity index (χ0v) is 18.9. The number of nitrogens with zero attached hydrogens (tertiary/aromatic N) is 3. The molecule has 0 bridgehead atoms. The first-order chi connectivity index (χ1) is 13.2. The average Bonchev–Trinajstić information content (AvgIpc) is 3.02. The van der Waals surface area contributed by atoms with Crippen LogP contribution < -0.4 is 20.1 Å². The van der Waals surface area contributed by atoms with Crippen LogP contribution in [0.15, 0.2) is 47.5 Å². The van der Waals surface area contributed by atoms with E-state index < -0.39 is 0 Å². The maximum atomic E-state index is 5.55. The molecule has 7 nitrogen and oxygen atoms in total. The van der Waals surface area contributed by atoms with Crippen molar-refractivity contribution in [2.45, 2.75) is 13.5 Å². The molecule has 28 heavy (non-hydrogen) atoms. The predicted molar refractivity (Wildman–Crippen MR) is 124 cm³/mol. The van der Waals surface area contributed by atoms with Crippen molar-refractivity contribution in [3.8, 4) is 11.5 Å². The molecular formula is C20H26IN5O2. The molecule has 0 aliphatic rings. The number of imidazole rings is 1. The summed E-state index contributed by atoms with van der Waals surface area (Å²) in [5.41, 5.74) is 2.94. The largest absolute Gasteiger partial charge is 0.493 e. The number of guanidine groups is 1. The van der Waals surface area contributed by atoms with Crippen LogP contribution in [-0.4, -0.2) is 36.3 Å². The van der Waals surface area contributed by atoms with E-state index in [0.717, 1.165) is 22.5 Å². The Morgan fingerprint density at radius 1 is 1.18 bits per heavy atom. The molecule has 0 aliphatic carbocycles. The summed E-state index contributed by atoms with van der Waals surface area (Å²) in [5, 5.41) is 6.56. The van der Waals surface area contributed by atoms with Crippen LogP contribution in [0.1, 0.15) is 12.7 Å². The third-order valence-corrected chi connectivity index (χ3v) is 4.24. The number of hydrogen-bond acceptors (Lipinski definition) is 4. The molecule has 0 atom stereocenters. The third-order valence-electron chi connectivity index (χ3n) is 4.24. The smallest absolute Gasteiger partial charge is 0.195 e. The van der Waals surface area contributed by atoms with Gasteiger partial charge in [0.15, 0.2) is 17.5 Å². The van der Waals surface area contributed by atoms with E-state index in [1.54, 1.807) is 14.2 Å². The molecule has 150 valence electrons. The van der Waals surface area contributed by atoms with Gasteiger partial charge in [-0.2, -0.15) is 0 Å². The second kappa shape index (κ2) is 10.2. The summed E-state index contributed by atoms with van der Waals surface area (Å²) >= 11 is 0. The Balaban J connectivity index is 0.00000280. The molecule has 1 heterocycles. The lowest BCUT2D eigenvalue weighted by molar-refractivity contribution is 0.311. The molecule has 0 spiro atoms. The molecule has 2 N–H and O–H groups in total. The van der Waals surface area contributed by atoms with Gasteiger partial charge in [0.1, 0.15) is 5.82 Å². The van der Waals surface area contributed by atoms with E-state index in [9.17, 15) is 0 Å². The maximum Gasteiger partial charge on any atom is 0.195 e. The number of fused-ring (bicyclic) bond motifs is 1. The zero-order chi connectivity index (χ0) is 19.2. The van der Waals surface area contributed by atoms with Crippen molar-refractivity contribution < 1.29 is 9.47 Å². The minimum Gasteiger partial charge on any atom is -0.493 e. The molecule has 0 unspecified atom stereocenters. The molecule has 0 fully saturated rings. The fraction of sp³-hybridized carbons (Fsp3) is 0.300. The van der Waals surface area contributed by atoms with Gasteiger partial charge < -0.3 is 24.7 Å². The van der Waals surface area contributed by atoms with Crippen molar-refractivity contribution in [3.05, 3.63) is 48.3 Å². The molecule has 0 aliphatic heterocycles. The van der Waals surface area contributed by atoms with Gasteiger partial charge in [-0.05, 0) is 31.2 Å². The van der Waals surface area contributed by atoms with Gasteiger partial charge in [0.25, 0.3) is 0 Å². The van der Waals surface area contributed by atoms with Crippen molar-refractivity contribution >= 4 is 46.7 Å². The first-order valence-electron chi connectivity index (χ1n) is 8.85. The maximum absolute atomic E-state index is 5.55. The summed E-state index contributed by atoms with van der Waals surface area (Å²) in [5.74, 6) is 2.97. The lowest BCUT2D eigenvalue weighted by Gasteiger charge is -2.14. The Bertz CT molecular complexity index is 955. The van der Waals surface area contributed by atoms with E-state index in [4.69, 9.17) is 9.47 Å². The van der Waals surface area contributed by atoms with Crippen LogP contribution in [0.5, 0.6) is 11.5 Å². The van der Waals surface area contributed by atoms with E-state index in [1.807, 2.05) is 50.4 Å². The van der Waals surface area contributed by atoms with Gasteiger partial charge >= 0.3 is 0 Å². The summed E-state index contributed by atoms with van der Waals surface area (Å²) < 4.78 is 13.0. The summed E-state index contributed by atoms with van der Waals surface area (Å²) in [4.78, 5) is 8.95. The molecule has 0 amide bonds. The first-order valence-corrected chi connectivity index (χ1v) is 8.85. The Morgan fingerprint density at radius 2 is 1.96 bits per heavy atom. The van der Waals surface area contributed by atoms with Crippen molar-refractivity contribution in [2.24, 2.45) is 12.0 Å². The van der Waals surface area contributed by atoms with Crippen LogP contribution in [0.2, 0.25) is 0 Å². The van der Waals surface area contributed by atoms with Crippen LogP contribution in [0.4, 0.5) is 5.69 Å². The summed E-state index contributed by atoms with van der Waals surface area (Å²) in [6, 6.07) is 13.8. The highest BCUT2D eigenvalue weighted by molar-refractivity contribution is 14.0. The number of hydrogen-bond donors (Lipinski definition) is 2. The van der Waals surface area contributed by atoms with E-state index >= 15 is 0 Å². The number of ether oxygens (including phenoxy) is 2. The molecular weight excluding hydrogens is 469 g/mol. The molecule has 0 saturated heterocycles. The molecule has 3 aromatic rings. The highest BCUT2D eigenvalue weighted by atomic mass is 127. The lowest BCUT2D eigenvalue weighted by atomic mass is 10.2. The average molecular weight is 495 g/mol. The number of halogens is 1. The SMILES string of the molecule is CCOc1ccc(NC(=NC)NCc2nc3ccccc3n2C)cc1OC.I. The quantitative estimate of drug-likeness (QED) is 0.310. The normalized spacial score (nSPS) is 11.1. The molecule has 0 saturated carbocycles. The second-order valence-corrected chi connectivity index (χ2v) is 5.93. The monoisotopic (exact) mass is 495 g/mol. The van der Waals surface area contributed by atoms with Crippen molar-refractivity contribution in [2.75, 3.05) is 26.1 Å². The number of methoxy groups -OCH3 is 1. The fourth-order valence-corrected chi connectivity index (χ4v) is 2.85. The van der Waals surface area contributed by atoms with E-state index in [2.05, 4.69) is 31.2 Å². The number of aliphatic imine (C=N–C) groups is 1. The van der Waals surface area contributed by atoms with Crippen molar-refractivity contribution in [1.82, 2.24) is 14.9 Å². The number of rotatable bonds is 6. The predicted octanol–water partition coefficient (Wildman–Crippen LogP) is 3.79. The number of benzene rings is 2. The van der Waals surface area contributed by atoms with Crippen molar-refractivity contribution in [1.29, 1.82) is 0 Å². The Morgan fingerprint density at radius 3 is 2.64 bits per heavy atom. The minimum atomic E-state index is 0. The fourth-order valence-electron chi connectivity index (χ4n) is 2.85. The van der Waals surface area contributed by atoms with Crippen LogP contribution in [0.3, 0.4) is 0 Å². The highest BCUT2D eigenvalue weighted by Gasteiger charge is 2.09. The number of aromatic nitrogens is 2. The lowest BCUT2D eigenvalue weighted by Crippen LogP contribution is -2.31. The first kappa shape index (κ1) is 21.8. The topological polar surface area (TPSA) is 72.7 Å². The summed E-state index contributed by atoms with van der Waals surface area (Å²) in [7, 11) is 5.37. The van der Waals surface area contributed by atoms with Crippen LogP contribution in [0, 0.1) is 0 Å². The minimum absolute atomic E-state index is 0. The second-order valence-electron chi connectivity index (χ2n) is 5.93. The number of anilines is 1. The zero-order valence-electron chi connectivity index (χ0n) is 16.5. The van der Waals surface area contributed by atoms with Gasteiger partial charge in [0.2, 0.25) is 0 Å². The van der Waals surface area contributed by atoms with Crippen molar-refractivity contribution in [3.63, 3.8) is 0 Å².